The van der Waals surface area contributed by atoms with E-state index >= 15 is 0 Å². The SMILES string of the molecule is COc1cc(C=Cc2ccncn2)ccc1SC. The van der Waals surface area contributed by atoms with Crippen molar-refractivity contribution in [3.05, 3.63) is 48.0 Å². The van der Waals surface area contributed by atoms with Crippen LogP contribution >= 0.6 is 11.8 Å². The van der Waals surface area contributed by atoms with Gasteiger partial charge >= 0.3 is 0 Å². The molecule has 18 heavy (non-hydrogen) atoms. The van der Waals surface area contributed by atoms with E-state index in [1.807, 2.05) is 30.5 Å². The Bertz CT molecular complexity index is 541. The van der Waals surface area contributed by atoms with Crippen LogP contribution < -0.4 is 4.74 Å². The van der Waals surface area contributed by atoms with E-state index in [1.165, 1.54) is 6.33 Å². The molecule has 1 heterocycles. The molecule has 0 radical (unpaired) electrons. The van der Waals surface area contributed by atoms with E-state index in [0.29, 0.717) is 0 Å². The minimum absolute atomic E-state index is 0.887. The highest BCUT2D eigenvalue weighted by atomic mass is 32.2. The molecule has 92 valence electrons. The summed E-state index contributed by atoms with van der Waals surface area (Å²) in [5, 5.41) is 0. The van der Waals surface area contributed by atoms with Crippen LogP contribution in [0.2, 0.25) is 0 Å². The molecule has 0 N–H and O–H groups in total. The molecule has 0 aliphatic rings. The molecule has 2 rings (SSSR count). The van der Waals surface area contributed by atoms with Gasteiger partial charge in [0.05, 0.1) is 12.8 Å². The summed E-state index contributed by atoms with van der Waals surface area (Å²) in [6.45, 7) is 0. The number of hydrogen-bond donors (Lipinski definition) is 0. The lowest BCUT2D eigenvalue weighted by Crippen LogP contribution is -1.86. The Labute approximate surface area is 111 Å². The molecule has 2 aromatic rings. The van der Waals surface area contributed by atoms with E-state index in [2.05, 4.69) is 22.1 Å². The number of ether oxygens (including phenoxy) is 1. The molecule has 0 bridgehead atoms. The van der Waals surface area contributed by atoms with Crippen molar-refractivity contribution in [3.63, 3.8) is 0 Å². The van der Waals surface area contributed by atoms with Crippen molar-refractivity contribution in [2.45, 2.75) is 4.90 Å². The minimum atomic E-state index is 0.887. The van der Waals surface area contributed by atoms with Gasteiger partial charge in [0.2, 0.25) is 0 Å². The molecular formula is C14H14N2OS. The third kappa shape index (κ3) is 3.11. The molecule has 0 amide bonds. The smallest absolute Gasteiger partial charge is 0.132 e. The second kappa shape index (κ2) is 6.21. The Morgan fingerprint density at radius 2 is 2.11 bits per heavy atom. The molecule has 1 aromatic heterocycles. The van der Waals surface area contributed by atoms with Gasteiger partial charge in [0, 0.05) is 11.1 Å². The molecule has 0 saturated heterocycles. The van der Waals surface area contributed by atoms with E-state index in [4.69, 9.17) is 4.74 Å². The molecule has 0 aliphatic carbocycles. The van der Waals surface area contributed by atoms with Crippen LogP contribution in [0.25, 0.3) is 12.2 Å². The van der Waals surface area contributed by atoms with Gasteiger partial charge in [0.1, 0.15) is 12.1 Å². The topological polar surface area (TPSA) is 35.0 Å². The van der Waals surface area contributed by atoms with E-state index in [0.717, 1.165) is 21.9 Å². The maximum atomic E-state index is 5.35. The van der Waals surface area contributed by atoms with Crippen molar-refractivity contribution in [2.75, 3.05) is 13.4 Å². The Kier molecular flexibility index (Phi) is 4.36. The average Bonchev–Trinajstić information content (AvgIpc) is 2.45. The van der Waals surface area contributed by atoms with Crippen molar-refractivity contribution >= 4 is 23.9 Å². The lowest BCUT2D eigenvalue weighted by Gasteiger charge is -2.06. The number of nitrogens with zero attached hydrogens (tertiary/aromatic N) is 2. The summed E-state index contributed by atoms with van der Waals surface area (Å²) in [6.07, 6.45) is 9.26. The molecule has 3 nitrogen and oxygen atoms in total. The summed E-state index contributed by atoms with van der Waals surface area (Å²) >= 11 is 1.67. The molecular weight excluding hydrogens is 244 g/mol. The number of methoxy groups -OCH3 is 1. The normalized spacial score (nSPS) is 10.8. The Morgan fingerprint density at radius 3 is 2.78 bits per heavy atom. The van der Waals surface area contributed by atoms with Crippen molar-refractivity contribution in [1.29, 1.82) is 0 Å². The second-order valence-corrected chi connectivity index (χ2v) is 4.43. The first-order valence-electron chi connectivity index (χ1n) is 5.49. The van der Waals surface area contributed by atoms with Gasteiger partial charge < -0.3 is 4.74 Å². The quantitative estimate of drug-likeness (QED) is 0.787. The highest BCUT2D eigenvalue weighted by Crippen LogP contribution is 2.28. The highest BCUT2D eigenvalue weighted by Gasteiger charge is 2.01. The summed E-state index contributed by atoms with van der Waals surface area (Å²) in [6, 6.07) is 8.00. The van der Waals surface area contributed by atoms with Gasteiger partial charge in [-0.05, 0) is 36.1 Å². The Hall–Kier alpha value is -1.81. The third-order valence-electron chi connectivity index (χ3n) is 2.46. The Morgan fingerprint density at radius 1 is 1.22 bits per heavy atom. The molecule has 0 unspecified atom stereocenters. The largest absolute Gasteiger partial charge is 0.496 e. The molecule has 0 aliphatic heterocycles. The monoisotopic (exact) mass is 258 g/mol. The molecule has 0 saturated carbocycles. The first kappa shape index (κ1) is 12.6. The van der Waals surface area contributed by atoms with E-state index < -0.39 is 0 Å². The Balaban J connectivity index is 2.22. The standard InChI is InChI=1S/C14H14N2OS/c1-17-13-9-11(4-6-14(13)18-2)3-5-12-7-8-15-10-16-12/h3-10H,1-2H3. The number of rotatable bonds is 4. The van der Waals surface area contributed by atoms with Gasteiger partial charge in [-0.15, -0.1) is 11.8 Å². The average molecular weight is 258 g/mol. The van der Waals surface area contributed by atoms with Gasteiger partial charge in [-0.1, -0.05) is 12.1 Å². The molecule has 0 fully saturated rings. The third-order valence-corrected chi connectivity index (χ3v) is 3.24. The molecule has 0 atom stereocenters. The fraction of sp³-hybridized carbons (Fsp3) is 0.143. The maximum Gasteiger partial charge on any atom is 0.132 e. The van der Waals surface area contributed by atoms with Crippen LogP contribution in [0.4, 0.5) is 0 Å². The van der Waals surface area contributed by atoms with Crippen LogP contribution in [0.3, 0.4) is 0 Å². The number of thioether (sulfide) groups is 1. The zero-order valence-electron chi connectivity index (χ0n) is 10.3. The number of benzene rings is 1. The van der Waals surface area contributed by atoms with Crippen LogP contribution in [-0.4, -0.2) is 23.3 Å². The predicted molar refractivity (Wildman–Crippen MR) is 75.7 cm³/mol. The summed E-state index contributed by atoms with van der Waals surface area (Å²) in [7, 11) is 1.69. The molecule has 1 aromatic carbocycles. The lowest BCUT2D eigenvalue weighted by molar-refractivity contribution is 0.405. The number of aromatic nitrogens is 2. The van der Waals surface area contributed by atoms with E-state index in [1.54, 1.807) is 25.1 Å². The van der Waals surface area contributed by atoms with Gasteiger partial charge in [0.25, 0.3) is 0 Å². The van der Waals surface area contributed by atoms with Gasteiger partial charge in [0.15, 0.2) is 0 Å². The van der Waals surface area contributed by atoms with Crippen LogP contribution in [0.5, 0.6) is 5.75 Å². The van der Waals surface area contributed by atoms with Crippen LogP contribution in [-0.2, 0) is 0 Å². The van der Waals surface area contributed by atoms with Crippen LogP contribution in [0.15, 0.2) is 41.7 Å². The van der Waals surface area contributed by atoms with Crippen molar-refractivity contribution in [3.8, 4) is 5.75 Å². The van der Waals surface area contributed by atoms with Gasteiger partial charge in [-0.2, -0.15) is 0 Å². The van der Waals surface area contributed by atoms with E-state index in [9.17, 15) is 0 Å². The van der Waals surface area contributed by atoms with Crippen molar-refractivity contribution in [2.24, 2.45) is 0 Å². The van der Waals surface area contributed by atoms with E-state index in [-0.39, 0.29) is 0 Å². The fourth-order valence-electron chi connectivity index (χ4n) is 1.54. The van der Waals surface area contributed by atoms with Crippen LogP contribution in [0, 0.1) is 0 Å². The second-order valence-electron chi connectivity index (χ2n) is 3.58. The zero-order valence-corrected chi connectivity index (χ0v) is 11.1. The summed E-state index contributed by atoms with van der Waals surface area (Å²) < 4.78 is 5.35. The molecule has 4 heteroatoms. The van der Waals surface area contributed by atoms with Gasteiger partial charge in [-0.25, -0.2) is 9.97 Å². The first-order chi connectivity index (χ1) is 8.83. The zero-order chi connectivity index (χ0) is 12.8. The lowest BCUT2D eigenvalue weighted by atomic mass is 10.2. The molecule has 0 spiro atoms. The number of hydrogen-bond acceptors (Lipinski definition) is 4. The van der Waals surface area contributed by atoms with Gasteiger partial charge in [-0.3, -0.25) is 0 Å². The van der Waals surface area contributed by atoms with Crippen molar-refractivity contribution < 1.29 is 4.74 Å². The summed E-state index contributed by atoms with van der Waals surface area (Å²) in [5.41, 5.74) is 1.97. The maximum absolute atomic E-state index is 5.35. The first-order valence-corrected chi connectivity index (χ1v) is 6.72. The highest BCUT2D eigenvalue weighted by molar-refractivity contribution is 7.98. The fourth-order valence-corrected chi connectivity index (χ4v) is 2.09. The van der Waals surface area contributed by atoms with Crippen LogP contribution in [0.1, 0.15) is 11.3 Å². The summed E-state index contributed by atoms with van der Waals surface area (Å²) in [4.78, 5) is 9.16. The minimum Gasteiger partial charge on any atom is -0.496 e. The predicted octanol–water partition coefficient (Wildman–Crippen LogP) is 3.38. The summed E-state index contributed by atoms with van der Waals surface area (Å²) in [5.74, 6) is 0.896. The van der Waals surface area contributed by atoms with Crippen molar-refractivity contribution in [1.82, 2.24) is 9.97 Å².